The van der Waals surface area contributed by atoms with Crippen LogP contribution in [0.15, 0.2) is 35.9 Å². The molecular formula is C19H20O4. The topological polar surface area (TPSA) is 63.6 Å². The number of ketones is 1. The molecule has 0 heterocycles. The quantitative estimate of drug-likeness (QED) is 0.869. The van der Waals surface area contributed by atoms with E-state index in [0.717, 1.165) is 12.0 Å². The molecule has 4 rings (SSSR count). The number of aliphatic hydroxyl groups is 1. The number of allylic oxidation sites excluding steroid dienone is 1. The Hall–Kier alpha value is -1.94. The smallest absolute Gasteiger partial charge is 0.335 e. The Morgan fingerprint density at radius 2 is 1.96 bits per heavy atom. The fourth-order valence-corrected chi connectivity index (χ4v) is 4.91. The molecule has 1 aromatic rings. The minimum absolute atomic E-state index is 0.00886. The molecule has 120 valence electrons. The molecule has 0 saturated heterocycles. The molecule has 0 spiro atoms. The Labute approximate surface area is 135 Å². The van der Waals surface area contributed by atoms with Crippen molar-refractivity contribution in [3.63, 3.8) is 0 Å². The molecule has 1 N–H and O–H groups in total. The second-order valence-corrected chi connectivity index (χ2v) is 6.75. The normalized spacial score (nSPS) is 34.9. The molecule has 0 amide bonds. The van der Waals surface area contributed by atoms with Crippen LogP contribution in [0.25, 0.3) is 5.57 Å². The number of Topliss-reactive ketones (excluding diaryl/α,β-unsaturated/α-hetero) is 1. The van der Waals surface area contributed by atoms with Gasteiger partial charge in [-0.05, 0) is 37.2 Å². The van der Waals surface area contributed by atoms with Gasteiger partial charge in [-0.15, -0.1) is 0 Å². The van der Waals surface area contributed by atoms with Gasteiger partial charge in [0.25, 0.3) is 0 Å². The van der Waals surface area contributed by atoms with Crippen LogP contribution in [0, 0.1) is 23.7 Å². The molecule has 4 heteroatoms. The lowest BCUT2D eigenvalue weighted by atomic mass is 9.77. The van der Waals surface area contributed by atoms with E-state index in [1.165, 1.54) is 0 Å². The first-order valence-electron chi connectivity index (χ1n) is 8.32. The standard InChI is InChI=1S/C19H20O4/c1-2-23-19(22)17-14(10-6-4-3-5-7-10)18(21)15-11-8-12(16(15)17)13(20)9-11/h3-7,11-13,15-16,20H,2,8-9H2,1H3/t11-,12+,13-,15-,16+/m0/s1. The summed E-state index contributed by atoms with van der Waals surface area (Å²) >= 11 is 0. The number of carbonyl (C=O) groups is 2. The fraction of sp³-hybridized carbons (Fsp3) is 0.474. The highest BCUT2D eigenvalue weighted by Crippen LogP contribution is 2.60. The van der Waals surface area contributed by atoms with Gasteiger partial charge in [0.15, 0.2) is 5.78 Å². The lowest BCUT2D eigenvalue weighted by Crippen LogP contribution is -2.33. The Kier molecular flexibility index (Phi) is 3.38. The van der Waals surface area contributed by atoms with Gasteiger partial charge in [-0.25, -0.2) is 4.79 Å². The second kappa shape index (κ2) is 5.31. The highest BCUT2D eigenvalue weighted by atomic mass is 16.5. The average Bonchev–Trinajstić information content (AvgIpc) is 3.18. The molecule has 2 saturated carbocycles. The minimum atomic E-state index is -0.409. The van der Waals surface area contributed by atoms with Gasteiger partial charge >= 0.3 is 5.97 Å². The van der Waals surface area contributed by atoms with E-state index in [0.29, 0.717) is 17.6 Å². The molecule has 0 aromatic heterocycles. The maximum Gasteiger partial charge on any atom is 0.335 e. The number of carbonyl (C=O) groups excluding carboxylic acids is 2. The zero-order chi connectivity index (χ0) is 16.1. The minimum Gasteiger partial charge on any atom is -0.463 e. The Morgan fingerprint density at radius 1 is 1.22 bits per heavy atom. The Morgan fingerprint density at radius 3 is 2.65 bits per heavy atom. The van der Waals surface area contributed by atoms with Crippen molar-refractivity contribution >= 4 is 17.3 Å². The van der Waals surface area contributed by atoms with Crippen LogP contribution in [0.3, 0.4) is 0 Å². The SMILES string of the molecule is CCOC(=O)C1=C(c2ccccc2)C(=O)[C@H]2[C@H]3C[C@@H]([C@@H]12)[C@@H](O)C3. The van der Waals surface area contributed by atoms with E-state index in [4.69, 9.17) is 4.74 Å². The fourth-order valence-electron chi connectivity index (χ4n) is 4.91. The highest BCUT2D eigenvalue weighted by molar-refractivity contribution is 6.30. The number of hydrogen-bond acceptors (Lipinski definition) is 4. The first-order valence-corrected chi connectivity index (χ1v) is 8.32. The Bertz CT molecular complexity index is 691. The van der Waals surface area contributed by atoms with Gasteiger partial charge in [0, 0.05) is 17.4 Å². The van der Waals surface area contributed by atoms with E-state index < -0.39 is 12.1 Å². The summed E-state index contributed by atoms with van der Waals surface area (Å²) in [5.74, 6) is -0.466. The van der Waals surface area contributed by atoms with Gasteiger partial charge in [-0.2, -0.15) is 0 Å². The van der Waals surface area contributed by atoms with Crippen LogP contribution in [0.2, 0.25) is 0 Å². The van der Waals surface area contributed by atoms with Crippen molar-refractivity contribution in [3.05, 3.63) is 41.5 Å². The summed E-state index contributed by atoms with van der Waals surface area (Å²) in [5.41, 5.74) is 1.80. The monoisotopic (exact) mass is 312 g/mol. The number of benzene rings is 1. The number of esters is 1. The maximum absolute atomic E-state index is 13.1. The van der Waals surface area contributed by atoms with E-state index in [2.05, 4.69) is 0 Å². The van der Waals surface area contributed by atoms with Crippen LogP contribution in [0.4, 0.5) is 0 Å². The van der Waals surface area contributed by atoms with E-state index in [-0.39, 0.29) is 36.1 Å². The van der Waals surface area contributed by atoms with E-state index >= 15 is 0 Å². The summed E-state index contributed by atoms with van der Waals surface area (Å²) < 4.78 is 5.25. The summed E-state index contributed by atoms with van der Waals surface area (Å²) in [6, 6.07) is 9.37. The average molecular weight is 312 g/mol. The van der Waals surface area contributed by atoms with Gasteiger partial charge < -0.3 is 9.84 Å². The molecule has 2 fully saturated rings. The van der Waals surface area contributed by atoms with E-state index in [1.54, 1.807) is 6.92 Å². The third kappa shape index (κ3) is 2.01. The number of rotatable bonds is 3. The Balaban J connectivity index is 1.86. The van der Waals surface area contributed by atoms with Gasteiger partial charge in [0.2, 0.25) is 0 Å². The summed E-state index contributed by atoms with van der Waals surface area (Å²) in [7, 11) is 0. The van der Waals surface area contributed by atoms with Gasteiger partial charge in [0.1, 0.15) is 0 Å². The van der Waals surface area contributed by atoms with Crippen molar-refractivity contribution in [3.8, 4) is 0 Å². The second-order valence-electron chi connectivity index (χ2n) is 6.75. The molecule has 4 nitrogen and oxygen atoms in total. The lowest BCUT2D eigenvalue weighted by molar-refractivity contribution is -0.139. The van der Waals surface area contributed by atoms with Crippen LogP contribution in [-0.2, 0) is 14.3 Å². The maximum atomic E-state index is 13.1. The molecule has 0 radical (unpaired) electrons. The summed E-state index contributed by atoms with van der Waals surface area (Å²) in [5, 5.41) is 10.3. The van der Waals surface area contributed by atoms with Crippen LogP contribution in [-0.4, -0.2) is 29.6 Å². The zero-order valence-corrected chi connectivity index (χ0v) is 13.1. The molecule has 3 aliphatic rings. The number of ether oxygens (including phenoxy) is 1. The lowest BCUT2D eigenvalue weighted by Gasteiger charge is -2.28. The van der Waals surface area contributed by atoms with Crippen LogP contribution < -0.4 is 0 Å². The van der Waals surface area contributed by atoms with E-state index in [9.17, 15) is 14.7 Å². The first kappa shape index (κ1) is 14.6. The molecule has 0 aliphatic heterocycles. The number of hydrogen-bond donors (Lipinski definition) is 1. The van der Waals surface area contributed by atoms with Crippen molar-refractivity contribution in [1.82, 2.24) is 0 Å². The molecule has 3 aliphatic carbocycles. The predicted molar refractivity (Wildman–Crippen MR) is 84.2 cm³/mol. The summed E-state index contributed by atoms with van der Waals surface area (Å²) in [4.78, 5) is 25.6. The van der Waals surface area contributed by atoms with Crippen molar-refractivity contribution in [2.75, 3.05) is 6.61 Å². The first-order chi connectivity index (χ1) is 11.1. The highest BCUT2D eigenvalue weighted by Gasteiger charge is 2.61. The number of fused-ring (bicyclic) bond motifs is 5. The molecule has 23 heavy (non-hydrogen) atoms. The van der Waals surface area contributed by atoms with Crippen molar-refractivity contribution in [1.29, 1.82) is 0 Å². The molecule has 0 unspecified atom stereocenters. The van der Waals surface area contributed by atoms with E-state index in [1.807, 2.05) is 30.3 Å². The van der Waals surface area contributed by atoms with Crippen LogP contribution in [0.5, 0.6) is 0 Å². The van der Waals surface area contributed by atoms with Crippen molar-refractivity contribution in [2.45, 2.75) is 25.9 Å². The third-order valence-electron chi connectivity index (χ3n) is 5.68. The van der Waals surface area contributed by atoms with Crippen molar-refractivity contribution < 1.29 is 19.4 Å². The molecule has 1 aromatic carbocycles. The zero-order valence-electron chi connectivity index (χ0n) is 13.1. The molecule has 5 atom stereocenters. The van der Waals surface area contributed by atoms with Crippen molar-refractivity contribution in [2.24, 2.45) is 23.7 Å². The molecule has 2 bridgehead atoms. The summed E-state index contributed by atoms with van der Waals surface area (Å²) in [6.07, 6.45) is 1.11. The van der Waals surface area contributed by atoms with Crippen LogP contribution >= 0.6 is 0 Å². The van der Waals surface area contributed by atoms with Gasteiger partial charge in [0.05, 0.1) is 18.3 Å². The summed E-state index contributed by atoms with van der Waals surface area (Å²) in [6.45, 7) is 2.05. The largest absolute Gasteiger partial charge is 0.463 e. The van der Waals surface area contributed by atoms with Crippen LogP contribution in [0.1, 0.15) is 25.3 Å². The van der Waals surface area contributed by atoms with Gasteiger partial charge in [-0.1, -0.05) is 30.3 Å². The predicted octanol–water partition coefficient (Wildman–Crippen LogP) is 2.22. The number of aliphatic hydroxyl groups excluding tert-OH is 1. The van der Waals surface area contributed by atoms with Gasteiger partial charge in [-0.3, -0.25) is 4.79 Å². The molecular weight excluding hydrogens is 292 g/mol. The third-order valence-corrected chi connectivity index (χ3v) is 5.68.